The Morgan fingerprint density at radius 3 is 1.96 bits per heavy atom. The fourth-order valence-corrected chi connectivity index (χ4v) is 13.3. The lowest BCUT2D eigenvalue weighted by Gasteiger charge is -2.40. The maximum absolute atomic E-state index is 5.35. The number of nitrogens with zero attached hydrogens (tertiary/aromatic N) is 4. The van der Waals surface area contributed by atoms with Crippen molar-refractivity contribution in [1.29, 1.82) is 0 Å². The van der Waals surface area contributed by atoms with E-state index >= 15 is 0 Å². The van der Waals surface area contributed by atoms with Gasteiger partial charge in [0.2, 0.25) is 0 Å². The van der Waals surface area contributed by atoms with Crippen molar-refractivity contribution in [1.82, 2.24) is 4.57 Å². The van der Waals surface area contributed by atoms with Crippen LogP contribution in [-0.2, 0) is 25.0 Å². The van der Waals surface area contributed by atoms with Gasteiger partial charge in [-0.3, -0.25) is 9.98 Å². The summed E-state index contributed by atoms with van der Waals surface area (Å²) in [4.78, 5) is 11.6. The smallest absolute Gasteiger partial charge is 0.0643 e. The molecule has 1 aromatic heterocycles. The molecule has 1 heterocycles. The number of hydrogen-bond acceptors (Lipinski definition) is 3. The van der Waals surface area contributed by atoms with Gasteiger partial charge in [0.15, 0.2) is 0 Å². The zero-order chi connectivity index (χ0) is 57.5. The third kappa shape index (κ3) is 10.2. The second-order valence-electron chi connectivity index (χ2n) is 22.0. The van der Waals surface area contributed by atoms with E-state index in [1.807, 2.05) is 30.3 Å². The van der Waals surface area contributed by atoms with Crippen molar-refractivity contribution in [3.8, 4) is 16.8 Å². The van der Waals surface area contributed by atoms with Crippen molar-refractivity contribution in [2.45, 2.75) is 58.2 Å². The SMILES string of the molecule is C=C.C=C.C=NCc1ccccc1.CC(=NCc1ccc2c(c1)c1ccccc1n2-c1ccccc1)c1ccc2c(c1)C1(c3ccccc3-2)c2ccccc2C2C=CC(C3(C)C=CC(N(Cc4ccccc4)c4ccccc4C)=CC3)=CC21. The molecule has 408 valence electrons. The fourth-order valence-electron chi connectivity index (χ4n) is 13.3. The number of rotatable bonds is 11. The van der Waals surface area contributed by atoms with E-state index in [0.29, 0.717) is 6.54 Å². The van der Waals surface area contributed by atoms with Gasteiger partial charge in [0.25, 0.3) is 0 Å². The average molecular weight is 1080 g/mol. The predicted molar refractivity (Wildman–Crippen MR) is 354 cm³/mol. The van der Waals surface area contributed by atoms with Crippen molar-refractivity contribution in [2.75, 3.05) is 4.90 Å². The lowest BCUT2D eigenvalue weighted by Crippen LogP contribution is -2.34. The molecule has 4 heteroatoms. The normalized spacial score (nSPS) is 18.6. The summed E-state index contributed by atoms with van der Waals surface area (Å²) in [6.45, 7) is 24.4. The third-order valence-corrected chi connectivity index (χ3v) is 17.3. The Hall–Kier alpha value is -9.64. The highest BCUT2D eigenvalue weighted by atomic mass is 15.1. The molecule has 83 heavy (non-hydrogen) atoms. The van der Waals surface area contributed by atoms with Crippen LogP contribution in [0.1, 0.15) is 76.3 Å². The summed E-state index contributed by atoms with van der Waals surface area (Å²) in [5, 5.41) is 2.52. The molecule has 14 rings (SSSR count). The predicted octanol–water partition coefficient (Wildman–Crippen LogP) is 19.7. The average Bonchev–Trinajstić information content (AvgIpc) is 1.58. The summed E-state index contributed by atoms with van der Waals surface area (Å²) in [6, 6.07) is 81.7. The van der Waals surface area contributed by atoms with Crippen LogP contribution in [0.4, 0.5) is 5.69 Å². The number of hydrogen-bond donors (Lipinski definition) is 0. The van der Waals surface area contributed by atoms with Gasteiger partial charge in [0.1, 0.15) is 0 Å². The van der Waals surface area contributed by atoms with E-state index in [0.717, 1.165) is 25.2 Å². The second kappa shape index (κ2) is 24.2. The molecule has 4 atom stereocenters. The van der Waals surface area contributed by atoms with Crippen LogP contribution >= 0.6 is 0 Å². The maximum Gasteiger partial charge on any atom is 0.0643 e. The molecule has 0 saturated heterocycles. The maximum atomic E-state index is 5.35. The Bertz CT molecular complexity index is 4140. The van der Waals surface area contributed by atoms with E-state index in [9.17, 15) is 0 Å². The first-order valence-corrected chi connectivity index (χ1v) is 28.9. The lowest BCUT2D eigenvalue weighted by atomic mass is 9.63. The van der Waals surface area contributed by atoms with Crippen molar-refractivity contribution >= 4 is 39.9 Å². The number of aromatic nitrogens is 1. The highest BCUT2D eigenvalue weighted by Crippen LogP contribution is 2.66. The number of allylic oxidation sites excluding steroid dienone is 7. The molecule has 0 radical (unpaired) electrons. The largest absolute Gasteiger partial charge is 0.337 e. The molecule has 0 aliphatic heterocycles. The van der Waals surface area contributed by atoms with Crippen LogP contribution in [0.2, 0.25) is 0 Å². The first kappa shape index (κ1) is 55.3. The van der Waals surface area contributed by atoms with Gasteiger partial charge in [-0.2, -0.15) is 0 Å². The molecule has 1 spiro atoms. The summed E-state index contributed by atoms with van der Waals surface area (Å²) >= 11 is 0. The zero-order valence-corrected chi connectivity index (χ0v) is 48.1. The summed E-state index contributed by atoms with van der Waals surface area (Å²) in [5.41, 5.74) is 22.5. The second-order valence-corrected chi connectivity index (χ2v) is 22.0. The van der Waals surface area contributed by atoms with Gasteiger partial charge < -0.3 is 9.47 Å². The molecule has 0 fully saturated rings. The van der Waals surface area contributed by atoms with Crippen LogP contribution in [0.25, 0.3) is 38.6 Å². The molecule has 0 bridgehead atoms. The Labute approximate surface area is 491 Å². The minimum atomic E-state index is -0.357. The minimum absolute atomic E-state index is 0.170. The summed E-state index contributed by atoms with van der Waals surface area (Å²) < 4.78 is 2.38. The summed E-state index contributed by atoms with van der Waals surface area (Å²) in [7, 11) is 0. The third-order valence-electron chi connectivity index (χ3n) is 17.3. The van der Waals surface area contributed by atoms with Crippen LogP contribution in [0.15, 0.2) is 308 Å². The molecule has 4 aliphatic rings. The van der Waals surface area contributed by atoms with Crippen LogP contribution < -0.4 is 4.90 Å². The van der Waals surface area contributed by atoms with Crippen LogP contribution in [0, 0.1) is 18.3 Å². The monoisotopic (exact) mass is 1080 g/mol. The fraction of sp³-hybridized carbons (Fsp3) is 0.139. The van der Waals surface area contributed by atoms with Gasteiger partial charge in [-0.25, -0.2) is 0 Å². The molecule has 4 aliphatic carbocycles. The van der Waals surface area contributed by atoms with E-state index < -0.39 is 0 Å². The van der Waals surface area contributed by atoms with E-state index in [-0.39, 0.29) is 22.7 Å². The van der Waals surface area contributed by atoms with Crippen molar-refractivity contribution in [3.63, 3.8) is 0 Å². The summed E-state index contributed by atoms with van der Waals surface area (Å²) in [6.07, 6.45) is 15.9. The van der Waals surface area contributed by atoms with Gasteiger partial charge in [-0.1, -0.05) is 219 Å². The zero-order valence-electron chi connectivity index (χ0n) is 48.1. The molecule has 4 nitrogen and oxygen atoms in total. The van der Waals surface area contributed by atoms with Crippen LogP contribution in [0.5, 0.6) is 0 Å². The number of aryl methyl sites for hydroxylation is 1. The molecular formula is C79H72N4. The van der Waals surface area contributed by atoms with Gasteiger partial charge in [-0.15, -0.1) is 26.3 Å². The molecule has 0 saturated carbocycles. The lowest BCUT2D eigenvalue weighted by molar-refractivity contribution is 0.442. The minimum Gasteiger partial charge on any atom is -0.337 e. The molecule has 10 aromatic rings. The molecule has 0 N–H and O–H groups in total. The van der Waals surface area contributed by atoms with Crippen molar-refractivity contribution in [2.24, 2.45) is 21.3 Å². The van der Waals surface area contributed by atoms with Crippen LogP contribution in [0.3, 0.4) is 0 Å². The van der Waals surface area contributed by atoms with E-state index in [4.69, 9.17) is 4.99 Å². The van der Waals surface area contributed by atoms with Gasteiger partial charge >= 0.3 is 0 Å². The topological polar surface area (TPSA) is 32.9 Å². The Balaban J connectivity index is 0.000000500. The molecule has 4 unspecified atom stereocenters. The Morgan fingerprint density at radius 1 is 0.590 bits per heavy atom. The highest BCUT2D eigenvalue weighted by molar-refractivity contribution is 6.09. The van der Waals surface area contributed by atoms with Gasteiger partial charge in [0.05, 0.1) is 29.5 Å². The Morgan fingerprint density at radius 2 is 1.23 bits per heavy atom. The standard InChI is InChI=1S/C67H55N3.C8H9N.2C2H4/c1-45-18-10-16-28-63(45)69(44-47-19-6-4-7-20-47)51-36-38-66(3,39-37-51)50-32-34-56-54-24-12-15-27-60(54)67(62(56)42-50)59-26-14-11-23-53(59)55-33-31-49(41-61(55)67)46(2)68-43-48-30-35-65-58(40-48)57-25-13-17-29-64(57)70(65)52-21-8-5-9-22-52;1-9-7-8-5-3-2-4-6-8;2*1-2/h4-38,40-42,56,62H,39,43-44H2,1-3H3;2-6H,1,7H2;2*1-2H2. The van der Waals surface area contributed by atoms with E-state index in [2.05, 4.69) is 299 Å². The van der Waals surface area contributed by atoms with Gasteiger partial charge in [0, 0.05) is 57.4 Å². The quantitative estimate of drug-likeness (QED) is 0.0938. The molecule has 9 aromatic carbocycles. The molecule has 0 amide bonds. The van der Waals surface area contributed by atoms with Crippen molar-refractivity contribution < 1.29 is 0 Å². The number of para-hydroxylation sites is 3. The Kier molecular flexibility index (Phi) is 16.1. The van der Waals surface area contributed by atoms with E-state index in [1.165, 1.54) is 106 Å². The number of benzene rings is 9. The number of fused-ring (bicyclic) bond motifs is 13. The molecular weight excluding hydrogens is 1000 g/mol. The van der Waals surface area contributed by atoms with Crippen LogP contribution in [-0.4, -0.2) is 17.0 Å². The summed E-state index contributed by atoms with van der Waals surface area (Å²) in [5.74, 6) is 0.450. The number of anilines is 1. The van der Waals surface area contributed by atoms with E-state index in [1.54, 1.807) is 0 Å². The number of aliphatic imine (C=N–C) groups is 2. The highest BCUT2D eigenvalue weighted by Gasteiger charge is 2.57. The first-order chi connectivity index (χ1) is 40.8. The first-order valence-electron chi connectivity index (χ1n) is 28.9. The van der Waals surface area contributed by atoms with Gasteiger partial charge in [-0.05, 0) is 142 Å². The van der Waals surface area contributed by atoms with Crippen molar-refractivity contribution in [3.05, 3.63) is 349 Å².